The number of nitrogens with two attached hydrogens (primary N) is 1. The summed E-state index contributed by atoms with van der Waals surface area (Å²) in [6, 6.07) is 0. The van der Waals surface area contributed by atoms with Crippen molar-refractivity contribution in [1.29, 1.82) is 0 Å². The zero-order valence-electron chi connectivity index (χ0n) is 6.72. The zero-order chi connectivity index (χ0) is 10.9. The largest absolute Gasteiger partial charge is 0.481 e. The summed E-state index contributed by atoms with van der Waals surface area (Å²) in [7, 11) is 0. The summed E-state index contributed by atoms with van der Waals surface area (Å²) < 4.78 is 38.0. The highest BCUT2D eigenvalue weighted by molar-refractivity contribution is 5.70. The van der Waals surface area contributed by atoms with Crippen molar-refractivity contribution in [3.05, 3.63) is 23.3 Å². The predicted octanol–water partition coefficient (Wildman–Crippen LogP) is 0.708. The lowest BCUT2D eigenvalue weighted by Gasteiger charge is -2.03. The van der Waals surface area contributed by atoms with Crippen LogP contribution in [0.5, 0.6) is 0 Å². The van der Waals surface area contributed by atoms with Crippen LogP contribution in [-0.4, -0.2) is 16.1 Å². The summed E-state index contributed by atoms with van der Waals surface area (Å²) in [6.45, 7) is 0. The number of aromatic nitrogens is 1. The number of hydrogen-bond acceptors (Lipinski definition) is 3. The monoisotopic (exact) mass is 206 g/mol. The van der Waals surface area contributed by atoms with Crippen LogP contribution in [0.25, 0.3) is 0 Å². The molecule has 0 saturated carbocycles. The Hall–Kier alpha value is -1.79. The predicted molar refractivity (Wildman–Crippen MR) is 39.9 cm³/mol. The van der Waals surface area contributed by atoms with E-state index in [1.165, 1.54) is 0 Å². The molecule has 0 atom stereocenters. The molecule has 0 saturated heterocycles. The van der Waals surface area contributed by atoms with Crippen LogP contribution in [0.4, 0.5) is 18.9 Å². The number of carbonyl (C=O) groups is 1. The molecule has 0 spiro atoms. The van der Waals surface area contributed by atoms with E-state index in [1.807, 2.05) is 0 Å². The second-order valence-corrected chi connectivity index (χ2v) is 2.46. The number of carboxylic acid groups (broad SMARTS) is 1. The fourth-order valence-electron chi connectivity index (χ4n) is 0.840. The van der Waals surface area contributed by atoms with Crippen LogP contribution >= 0.6 is 0 Å². The summed E-state index contributed by atoms with van der Waals surface area (Å²) in [5, 5.41) is 8.28. The molecule has 4 nitrogen and oxygen atoms in total. The van der Waals surface area contributed by atoms with E-state index in [1.54, 1.807) is 0 Å². The van der Waals surface area contributed by atoms with E-state index in [-0.39, 0.29) is 0 Å². The van der Waals surface area contributed by atoms with Gasteiger partial charge in [0.05, 0.1) is 12.1 Å². The highest BCUT2D eigenvalue weighted by Gasteiger charge is 2.19. The molecule has 14 heavy (non-hydrogen) atoms. The molecule has 0 aliphatic carbocycles. The summed E-state index contributed by atoms with van der Waals surface area (Å²) in [6.07, 6.45) is -0.854. The van der Waals surface area contributed by atoms with Crippen LogP contribution in [0.1, 0.15) is 5.69 Å². The molecule has 1 rings (SSSR count). The number of pyridine rings is 1. The van der Waals surface area contributed by atoms with Crippen LogP contribution < -0.4 is 5.73 Å². The Bertz CT molecular complexity index is 395. The molecule has 0 aliphatic heterocycles. The molecule has 0 aromatic carbocycles. The molecular weight excluding hydrogens is 201 g/mol. The Morgan fingerprint density at radius 2 is 1.93 bits per heavy atom. The number of carboxylic acids is 1. The fraction of sp³-hybridized carbons (Fsp3) is 0.143. The molecular formula is C7H5F3N2O2. The van der Waals surface area contributed by atoms with E-state index in [2.05, 4.69) is 4.98 Å². The van der Waals surface area contributed by atoms with Crippen molar-refractivity contribution in [2.45, 2.75) is 6.42 Å². The zero-order valence-corrected chi connectivity index (χ0v) is 6.72. The topological polar surface area (TPSA) is 76.2 Å². The standard InChI is InChI=1S/C7H5F3N2O2/c8-4-2(1-3(13)14)12-7(10)5(9)6(4)11/h1H2,(H2,11,12)(H,13,14). The molecule has 0 amide bonds. The van der Waals surface area contributed by atoms with Gasteiger partial charge in [0.1, 0.15) is 5.69 Å². The van der Waals surface area contributed by atoms with E-state index in [9.17, 15) is 18.0 Å². The van der Waals surface area contributed by atoms with Crippen LogP contribution in [0.15, 0.2) is 0 Å². The lowest BCUT2D eigenvalue weighted by atomic mass is 10.2. The van der Waals surface area contributed by atoms with E-state index in [0.717, 1.165) is 0 Å². The first kappa shape index (κ1) is 10.3. The van der Waals surface area contributed by atoms with Crippen LogP contribution in [0.2, 0.25) is 0 Å². The number of nitrogens with zero attached hydrogens (tertiary/aromatic N) is 1. The van der Waals surface area contributed by atoms with Gasteiger partial charge in [0.15, 0.2) is 5.82 Å². The first-order chi connectivity index (χ1) is 6.43. The number of aliphatic carboxylic acids is 1. The molecule has 1 aromatic heterocycles. The minimum Gasteiger partial charge on any atom is -0.481 e. The van der Waals surface area contributed by atoms with Crippen molar-refractivity contribution in [3.8, 4) is 0 Å². The molecule has 1 heterocycles. The maximum Gasteiger partial charge on any atom is 0.309 e. The normalized spacial score (nSPS) is 10.2. The first-order valence-corrected chi connectivity index (χ1v) is 3.44. The van der Waals surface area contributed by atoms with Crippen LogP contribution in [-0.2, 0) is 11.2 Å². The molecule has 7 heteroatoms. The van der Waals surface area contributed by atoms with Gasteiger partial charge in [-0.2, -0.15) is 8.78 Å². The van der Waals surface area contributed by atoms with Gasteiger partial charge in [0, 0.05) is 0 Å². The molecule has 1 aromatic rings. The van der Waals surface area contributed by atoms with Crippen molar-refractivity contribution in [3.63, 3.8) is 0 Å². The lowest BCUT2D eigenvalue weighted by molar-refractivity contribution is -0.136. The van der Waals surface area contributed by atoms with Gasteiger partial charge in [-0.05, 0) is 0 Å². The van der Waals surface area contributed by atoms with Gasteiger partial charge in [0.2, 0.25) is 5.82 Å². The van der Waals surface area contributed by atoms with Crippen LogP contribution in [0.3, 0.4) is 0 Å². The van der Waals surface area contributed by atoms with Gasteiger partial charge in [-0.1, -0.05) is 0 Å². The Morgan fingerprint density at radius 1 is 1.36 bits per heavy atom. The van der Waals surface area contributed by atoms with Crippen LogP contribution in [0, 0.1) is 17.6 Å². The van der Waals surface area contributed by atoms with E-state index < -0.39 is 41.4 Å². The SMILES string of the molecule is Nc1c(F)c(F)nc(CC(=O)O)c1F. The van der Waals surface area contributed by atoms with Crippen molar-refractivity contribution in [1.82, 2.24) is 4.98 Å². The fourth-order valence-corrected chi connectivity index (χ4v) is 0.840. The summed E-state index contributed by atoms with van der Waals surface area (Å²) in [5.41, 5.74) is 3.05. The van der Waals surface area contributed by atoms with Crippen molar-refractivity contribution in [2.75, 3.05) is 5.73 Å². The van der Waals surface area contributed by atoms with Crippen molar-refractivity contribution < 1.29 is 23.1 Å². The Balaban J connectivity index is 3.25. The number of nitrogen functional groups attached to an aromatic ring is 1. The molecule has 0 radical (unpaired) electrons. The average molecular weight is 206 g/mol. The van der Waals surface area contributed by atoms with E-state index in [0.29, 0.717) is 0 Å². The lowest BCUT2D eigenvalue weighted by Crippen LogP contribution is -2.11. The second-order valence-electron chi connectivity index (χ2n) is 2.46. The maximum absolute atomic E-state index is 12.9. The third-order valence-corrected chi connectivity index (χ3v) is 1.46. The van der Waals surface area contributed by atoms with Gasteiger partial charge >= 0.3 is 5.97 Å². The molecule has 3 N–H and O–H groups in total. The first-order valence-electron chi connectivity index (χ1n) is 3.44. The maximum atomic E-state index is 12.9. The molecule has 0 aliphatic rings. The third-order valence-electron chi connectivity index (χ3n) is 1.46. The minimum absolute atomic E-state index is 0.728. The molecule has 0 bridgehead atoms. The van der Waals surface area contributed by atoms with E-state index in [4.69, 9.17) is 10.8 Å². The third kappa shape index (κ3) is 1.76. The van der Waals surface area contributed by atoms with E-state index >= 15 is 0 Å². The van der Waals surface area contributed by atoms with Gasteiger partial charge in [-0.25, -0.2) is 9.37 Å². The van der Waals surface area contributed by atoms with Crippen molar-refractivity contribution in [2.24, 2.45) is 0 Å². The summed E-state index contributed by atoms with van der Waals surface area (Å²) in [5.74, 6) is -5.98. The molecule has 76 valence electrons. The number of hydrogen-bond donors (Lipinski definition) is 2. The van der Waals surface area contributed by atoms with Gasteiger partial charge in [-0.15, -0.1) is 0 Å². The molecule has 0 fully saturated rings. The van der Waals surface area contributed by atoms with Gasteiger partial charge < -0.3 is 10.8 Å². The summed E-state index contributed by atoms with van der Waals surface area (Å²) >= 11 is 0. The number of halogens is 3. The highest BCUT2D eigenvalue weighted by atomic mass is 19.2. The second kappa shape index (κ2) is 3.52. The summed E-state index contributed by atoms with van der Waals surface area (Å²) in [4.78, 5) is 13.0. The Morgan fingerprint density at radius 3 is 2.43 bits per heavy atom. The minimum atomic E-state index is -1.61. The quantitative estimate of drug-likeness (QED) is 0.698. The molecule has 0 unspecified atom stereocenters. The number of anilines is 1. The van der Waals surface area contributed by atoms with Gasteiger partial charge in [0.25, 0.3) is 5.95 Å². The average Bonchev–Trinajstić information content (AvgIpc) is 2.10. The smallest absolute Gasteiger partial charge is 0.309 e. The van der Waals surface area contributed by atoms with Gasteiger partial charge in [-0.3, -0.25) is 4.79 Å². The Kier molecular flexibility index (Phi) is 2.59. The Labute approximate surface area is 76.2 Å². The highest BCUT2D eigenvalue weighted by Crippen LogP contribution is 2.19. The van der Waals surface area contributed by atoms with Crippen molar-refractivity contribution >= 4 is 11.7 Å². The number of rotatable bonds is 2.